The minimum Gasteiger partial charge on any atom is -0.383 e. The number of nitrogen functional groups attached to an aromatic ring is 1. The molecule has 0 saturated heterocycles. The van der Waals surface area contributed by atoms with E-state index in [4.69, 9.17) is 5.73 Å². The molecule has 0 atom stereocenters. The van der Waals surface area contributed by atoms with Crippen LogP contribution < -0.4 is 26.8 Å². The number of benzene rings is 1. The smallest absolute Gasteiger partial charge is 0.330 e. The SMILES string of the molecule is CCCCn1c(N)c(N(CC(C)C)C(=O)CCC(=O)N(C)c2ccccc2)c(=O)[nH]c1=O. The van der Waals surface area contributed by atoms with Crippen LogP contribution in [0.1, 0.15) is 46.5 Å². The van der Waals surface area contributed by atoms with Crippen LogP contribution in [0.15, 0.2) is 39.9 Å². The van der Waals surface area contributed by atoms with Gasteiger partial charge in [0.05, 0.1) is 0 Å². The average Bonchev–Trinajstić information content (AvgIpc) is 2.76. The number of amides is 2. The monoisotopic (exact) mass is 443 g/mol. The fraction of sp³-hybridized carbons (Fsp3) is 0.478. The summed E-state index contributed by atoms with van der Waals surface area (Å²) in [6, 6.07) is 9.14. The number of nitrogens with two attached hydrogens (primary N) is 1. The minimum absolute atomic E-state index is 0.0217. The number of nitrogens with one attached hydrogen (secondary N) is 1. The summed E-state index contributed by atoms with van der Waals surface area (Å²) in [5, 5.41) is 0. The van der Waals surface area contributed by atoms with Gasteiger partial charge in [-0.25, -0.2) is 4.79 Å². The van der Waals surface area contributed by atoms with Crippen molar-refractivity contribution in [1.29, 1.82) is 0 Å². The number of unbranched alkanes of at least 4 members (excludes halogenated alkanes) is 1. The lowest BCUT2D eigenvalue weighted by Crippen LogP contribution is -2.43. The van der Waals surface area contributed by atoms with Crippen molar-refractivity contribution in [3.05, 3.63) is 51.2 Å². The molecule has 0 aliphatic heterocycles. The van der Waals surface area contributed by atoms with Crippen LogP contribution in [0.5, 0.6) is 0 Å². The van der Waals surface area contributed by atoms with Crippen molar-refractivity contribution in [3.8, 4) is 0 Å². The predicted octanol–water partition coefficient (Wildman–Crippen LogP) is 2.35. The molecule has 2 rings (SSSR count). The summed E-state index contributed by atoms with van der Waals surface area (Å²) in [5.74, 6) is -0.611. The van der Waals surface area contributed by atoms with Crippen LogP contribution in [0.2, 0.25) is 0 Å². The third-order valence-corrected chi connectivity index (χ3v) is 5.14. The molecule has 0 spiro atoms. The van der Waals surface area contributed by atoms with E-state index >= 15 is 0 Å². The van der Waals surface area contributed by atoms with Gasteiger partial charge in [0, 0.05) is 38.7 Å². The number of anilines is 3. The molecule has 3 N–H and O–H groups in total. The molecule has 1 heterocycles. The fourth-order valence-corrected chi connectivity index (χ4v) is 3.37. The number of hydrogen-bond donors (Lipinski definition) is 2. The number of rotatable bonds is 10. The molecule has 0 aliphatic rings. The van der Waals surface area contributed by atoms with E-state index in [1.165, 1.54) is 14.4 Å². The first-order chi connectivity index (χ1) is 15.2. The van der Waals surface area contributed by atoms with Crippen LogP contribution in [0.4, 0.5) is 17.2 Å². The van der Waals surface area contributed by atoms with Crippen molar-refractivity contribution >= 4 is 29.0 Å². The summed E-state index contributed by atoms with van der Waals surface area (Å²) in [6.07, 6.45) is 1.43. The van der Waals surface area contributed by atoms with Crippen LogP contribution in [-0.2, 0) is 16.1 Å². The predicted molar refractivity (Wildman–Crippen MR) is 127 cm³/mol. The minimum atomic E-state index is -0.707. The molecule has 174 valence electrons. The maximum atomic E-state index is 13.1. The van der Waals surface area contributed by atoms with Crippen molar-refractivity contribution < 1.29 is 9.59 Å². The number of carbonyl (C=O) groups is 2. The first-order valence-electron chi connectivity index (χ1n) is 10.9. The van der Waals surface area contributed by atoms with Gasteiger partial charge < -0.3 is 15.5 Å². The molecular formula is C23H33N5O4. The van der Waals surface area contributed by atoms with E-state index < -0.39 is 17.2 Å². The lowest BCUT2D eigenvalue weighted by atomic mass is 10.1. The van der Waals surface area contributed by atoms with Crippen LogP contribution >= 0.6 is 0 Å². The summed E-state index contributed by atoms with van der Waals surface area (Å²) in [6.45, 7) is 6.37. The van der Waals surface area contributed by atoms with Gasteiger partial charge in [0.25, 0.3) is 5.56 Å². The second-order valence-corrected chi connectivity index (χ2v) is 8.18. The lowest BCUT2D eigenvalue weighted by Gasteiger charge is -2.26. The van der Waals surface area contributed by atoms with E-state index in [0.29, 0.717) is 13.0 Å². The molecule has 0 bridgehead atoms. The molecule has 2 aromatic rings. The summed E-state index contributed by atoms with van der Waals surface area (Å²) >= 11 is 0. The van der Waals surface area contributed by atoms with E-state index in [1.807, 2.05) is 51.1 Å². The standard InChI is InChI=1S/C23H33N5O4/c1-5-6-14-27-21(24)20(22(31)25-23(27)32)28(15-16(2)3)19(30)13-12-18(29)26(4)17-10-8-7-9-11-17/h7-11,16H,5-6,12-15,24H2,1-4H3,(H,25,31,32). The van der Waals surface area contributed by atoms with Crippen LogP contribution in [-0.4, -0.2) is 35.0 Å². The lowest BCUT2D eigenvalue weighted by molar-refractivity contribution is -0.123. The number of nitrogens with zero attached hydrogens (tertiary/aromatic N) is 3. The average molecular weight is 444 g/mol. The normalized spacial score (nSPS) is 10.9. The van der Waals surface area contributed by atoms with Gasteiger partial charge in [-0.3, -0.25) is 23.9 Å². The molecule has 0 unspecified atom stereocenters. The first kappa shape index (κ1) is 24.9. The Bertz CT molecular complexity index is 1040. The molecule has 0 aliphatic carbocycles. The zero-order chi connectivity index (χ0) is 23.8. The fourth-order valence-electron chi connectivity index (χ4n) is 3.37. The molecule has 9 heteroatoms. The number of carbonyl (C=O) groups excluding carboxylic acids is 2. The Hall–Kier alpha value is -3.36. The molecule has 9 nitrogen and oxygen atoms in total. The van der Waals surface area contributed by atoms with Crippen molar-refractivity contribution in [2.75, 3.05) is 29.1 Å². The molecule has 2 amide bonds. The summed E-state index contributed by atoms with van der Waals surface area (Å²) < 4.78 is 1.29. The van der Waals surface area contributed by atoms with Gasteiger partial charge in [-0.05, 0) is 24.5 Å². The summed E-state index contributed by atoms with van der Waals surface area (Å²) in [7, 11) is 1.65. The Morgan fingerprint density at radius 1 is 1.09 bits per heavy atom. The largest absolute Gasteiger partial charge is 0.383 e. The third-order valence-electron chi connectivity index (χ3n) is 5.14. The highest BCUT2D eigenvalue weighted by atomic mass is 16.2. The molecule has 1 aromatic carbocycles. The van der Waals surface area contributed by atoms with Gasteiger partial charge in [-0.1, -0.05) is 45.4 Å². The highest BCUT2D eigenvalue weighted by Crippen LogP contribution is 2.21. The molecular weight excluding hydrogens is 410 g/mol. The van der Waals surface area contributed by atoms with Crippen LogP contribution in [0.3, 0.4) is 0 Å². The Kier molecular flexibility index (Phi) is 8.80. The molecule has 0 saturated carbocycles. The van der Waals surface area contributed by atoms with Gasteiger partial charge in [-0.2, -0.15) is 0 Å². The topological polar surface area (TPSA) is 121 Å². The Labute approximate surface area is 187 Å². The van der Waals surface area contributed by atoms with Gasteiger partial charge in [0.1, 0.15) is 5.82 Å². The number of hydrogen-bond acceptors (Lipinski definition) is 5. The van der Waals surface area contributed by atoms with Crippen LogP contribution in [0.25, 0.3) is 0 Å². The highest BCUT2D eigenvalue weighted by molar-refractivity contribution is 6.00. The Morgan fingerprint density at radius 3 is 2.31 bits per heavy atom. The van der Waals surface area contributed by atoms with E-state index in [2.05, 4.69) is 4.98 Å². The summed E-state index contributed by atoms with van der Waals surface area (Å²) in [4.78, 5) is 55.6. The third kappa shape index (κ3) is 6.09. The number of aromatic nitrogens is 2. The van der Waals surface area contributed by atoms with Gasteiger partial charge in [0.15, 0.2) is 5.69 Å². The van der Waals surface area contributed by atoms with E-state index in [1.54, 1.807) is 7.05 Å². The van der Waals surface area contributed by atoms with Gasteiger partial charge in [0.2, 0.25) is 11.8 Å². The number of aromatic amines is 1. The second kappa shape index (κ2) is 11.3. The van der Waals surface area contributed by atoms with E-state index in [9.17, 15) is 19.2 Å². The van der Waals surface area contributed by atoms with E-state index in [-0.39, 0.29) is 42.7 Å². The molecule has 32 heavy (non-hydrogen) atoms. The maximum absolute atomic E-state index is 13.1. The molecule has 0 fully saturated rings. The van der Waals surface area contributed by atoms with E-state index in [0.717, 1.165) is 12.1 Å². The van der Waals surface area contributed by atoms with Gasteiger partial charge >= 0.3 is 5.69 Å². The maximum Gasteiger partial charge on any atom is 0.330 e. The highest BCUT2D eigenvalue weighted by Gasteiger charge is 2.25. The zero-order valence-corrected chi connectivity index (χ0v) is 19.3. The van der Waals surface area contributed by atoms with Crippen molar-refractivity contribution in [2.45, 2.75) is 53.0 Å². The van der Waals surface area contributed by atoms with Crippen molar-refractivity contribution in [1.82, 2.24) is 9.55 Å². The molecule has 1 aromatic heterocycles. The van der Waals surface area contributed by atoms with Crippen LogP contribution in [0, 0.1) is 5.92 Å². The van der Waals surface area contributed by atoms with Crippen molar-refractivity contribution in [3.63, 3.8) is 0 Å². The summed E-state index contributed by atoms with van der Waals surface area (Å²) in [5.41, 5.74) is 5.58. The quantitative estimate of drug-likeness (QED) is 0.584. The first-order valence-corrected chi connectivity index (χ1v) is 10.9. The van der Waals surface area contributed by atoms with Crippen molar-refractivity contribution in [2.24, 2.45) is 5.92 Å². The number of H-pyrrole nitrogens is 1. The van der Waals surface area contributed by atoms with Gasteiger partial charge in [-0.15, -0.1) is 0 Å². The second-order valence-electron chi connectivity index (χ2n) is 8.18. The Morgan fingerprint density at radius 2 is 1.72 bits per heavy atom. The number of para-hydroxylation sites is 1. The zero-order valence-electron chi connectivity index (χ0n) is 19.3. The molecule has 0 radical (unpaired) electrons. The Balaban J connectivity index is 2.28.